The molecule has 1 atom stereocenters. The summed E-state index contributed by atoms with van der Waals surface area (Å²) >= 11 is 0. The van der Waals surface area contributed by atoms with Crippen molar-refractivity contribution in [2.45, 2.75) is 39.3 Å². The summed E-state index contributed by atoms with van der Waals surface area (Å²) in [6, 6.07) is 8.50. The van der Waals surface area contributed by atoms with E-state index in [1.165, 1.54) is 6.21 Å². The maximum Gasteiger partial charge on any atom is 0.329 e. The molecule has 11 nitrogen and oxygen atoms in total. The van der Waals surface area contributed by atoms with Gasteiger partial charge in [0, 0.05) is 18.8 Å². The Bertz CT molecular complexity index is 1090. The Morgan fingerprint density at radius 1 is 1.00 bits per heavy atom. The van der Waals surface area contributed by atoms with Gasteiger partial charge >= 0.3 is 23.6 Å². The lowest BCUT2D eigenvalue weighted by molar-refractivity contribution is -0.139. The van der Waals surface area contributed by atoms with E-state index >= 15 is 0 Å². The minimum Gasteiger partial charge on any atom is -0.458 e. The molecule has 1 aliphatic rings. The lowest BCUT2D eigenvalue weighted by Gasteiger charge is -2.09. The van der Waals surface area contributed by atoms with E-state index in [1.54, 1.807) is 24.3 Å². The summed E-state index contributed by atoms with van der Waals surface area (Å²) in [5, 5.41) is 11.2. The molecule has 11 heteroatoms. The van der Waals surface area contributed by atoms with Crippen molar-refractivity contribution in [3.63, 3.8) is 0 Å². The highest BCUT2D eigenvalue weighted by molar-refractivity contribution is 6.39. The van der Waals surface area contributed by atoms with Gasteiger partial charge in [0.2, 0.25) is 0 Å². The van der Waals surface area contributed by atoms with Crippen LogP contribution in [0, 0.1) is 13.8 Å². The lowest BCUT2D eigenvalue weighted by Crippen LogP contribution is -2.41. The Balaban J connectivity index is 1.39. The summed E-state index contributed by atoms with van der Waals surface area (Å²) in [5.41, 5.74) is 4.72. The van der Waals surface area contributed by atoms with Crippen molar-refractivity contribution < 1.29 is 28.3 Å². The normalized spacial score (nSPS) is 15.2. The standard InChI is InChI=1S/C23H27N5O6/c1-14-5-6-16(10-15(14)2)27-22(31)20(29)25-12-18-7-8-19(34-18)13-26-28-23(32)21(30)24-11-17-4-3-9-33-17/h5-8,10,13,17H,3-4,9,11-12H2,1-2H3,(H,24,30)(H,25,29)(H,27,31)(H,28,32)/b26-13+/t17-/m0/s1. The number of hydrogen-bond acceptors (Lipinski definition) is 7. The van der Waals surface area contributed by atoms with Crippen LogP contribution >= 0.6 is 0 Å². The van der Waals surface area contributed by atoms with Crippen LogP contribution in [0.25, 0.3) is 0 Å². The first kappa shape index (κ1) is 24.6. The Labute approximate surface area is 196 Å². The average Bonchev–Trinajstić information content (AvgIpc) is 3.50. The van der Waals surface area contributed by atoms with E-state index in [-0.39, 0.29) is 25.0 Å². The zero-order valence-corrected chi connectivity index (χ0v) is 19.0. The minimum atomic E-state index is -0.914. The summed E-state index contributed by atoms with van der Waals surface area (Å²) < 4.78 is 10.8. The van der Waals surface area contributed by atoms with Gasteiger partial charge in [-0.15, -0.1) is 0 Å². The van der Waals surface area contributed by atoms with E-state index in [2.05, 4.69) is 26.5 Å². The van der Waals surface area contributed by atoms with Gasteiger partial charge in [-0.3, -0.25) is 19.2 Å². The van der Waals surface area contributed by atoms with Gasteiger partial charge in [-0.25, -0.2) is 5.43 Å². The predicted molar refractivity (Wildman–Crippen MR) is 123 cm³/mol. The monoisotopic (exact) mass is 469 g/mol. The number of hydrazone groups is 1. The van der Waals surface area contributed by atoms with Gasteiger partial charge in [0.05, 0.1) is 18.9 Å². The highest BCUT2D eigenvalue weighted by Gasteiger charge is 2.19. The molecule has 1 saturated heterocycles. The molecule has 1 aromatic carbocycles. The highest BCUT2D eigenvalue weighted by Crippen LogP contribution is 2.14. The predicted octanol–water partition coefficient (Wildman–Crippen LogP) is 0.897. The number of nitrogens with one attached hydrogen (secondary N) is 4. The molecule has 0 bridgehead atoms. The van der Waals surface area contributed by atoms with Crippen LogP contribution in [0.2, 0.25) is 0 Å². The molecule has 4 amide bonds. The maximum absolute atomic E-state index is 12.1. The van der Waals surface area contributed by atoms with Crippen LogP contribution in [0.3, 0.4) is 0 Å². The zero-order valence-electron chi connectivity index (χ0n) is 19.0. The van der Waals surface area contributed by atoms with Gasteiger partial charge in [0.1, 0.15) is 11.5 Å². The molecule has 1 aliphatic heterocycles. The lowest BCUT2D eigenvalue weighted by atomic mass is 10.1. The fourth-order valence-electron chi connectivity index (χ4n) is 3.11. The van der Waals surface area contributed by atoms with Gasteiger partial charge in [-0.1, -0.05) is 6.07 Å². The third-order valence-electron chi connectivity index (χ3n) is 5.16. The smallest absolute Gasteiger partial charge is 0.329 e. The van der Waals surface area contributed by atoms with E-state index in [1.807, 2.05) is 19.9 Å². The Kier molecular flexibility index (Phi) is 8.52. The molecule has 2 heterocycles. The van der Waals surface area contributed by atoms with Crippen molar-refractivity contribution in [1.82, 2.24) is 16.1 Å². The van der Waals surface area contributed by atoms with Crippen LogP contribution in [-0.4, -0.2) is 49.1 Å². The van der Waals surface area contributed by atoms with Crippen molar-refractivity contribution in [1.29, 1.82) is 0 Å². The van der Waals surface area contributed by atoms with Crippen molar-refractivity contribution in [2.24, 2.45) is 5.10 Å². The number of carbonyl (C=O) groups excluding carboxylic acids is 4. The fourth-order valence-corrected chi connectivity index (χ4v) is 3.11. The van der Waals surface area contributed by atoms with E-state index in [4.69, 9.17) is 9.15 Å². The van der Waals surface area contributed by atoms with Gasteiger partial charge < -0.3 is 25.1 Å². The molecule has 2 aromatic rings. The largest absolute Gasteiger partial charge is 0.458 e. The van der Waals surface area contributed by atoms with Crippen LogP contribution in [0.15, 0.2) is 39.9 Å². The molecule has 180 valence electrons. The molecule has 1 fully saturated rings. The molecular weight excluding hydrogens is 442 g/mol. The summed E-state index contributed by atoms with van der Waals surface area (Å²) in [6.45, 7) is 4.77. The van der Waals surface area contributed by atoms with Crippen LogP contribution < -0.4 is 21.4 Å². The maximum atomic E-state index is 12.1. The van der Waals surface area contributed by atoms with Gasteiger partial charge in [0.15, 0.2) is 0 Å². The van der Waals surface area contributed by atoms with Gasteiger partial charge in [0.25, 0.3) is 0 Å². The number of aryl methyl sites for hydroxylation is 2. The fraction of sp³-hybridized carbons (Fsp3) is 0.348. The third kappa shape index (κ3) is 7.27. The molecule has 0 radical (unpaired) electrons. The molecule has 0 aliphatic carbocycles. The Hall–Kier alpha value is -3.99. The number of hydrogen-bond donors (Lipinski definition) is 4. The second kappa shape index (κ2) is 11.8. The van der Waals surface area contributed by atoms with Crippen LogP contribution in [-0.2, 0) is 30.5 Å². The Morgan fingerprint density at radius 3 is 2.53 bits per heavy atom. The van der Waals surface area contributed by atoms with Gasteiger partial charge in [-0.05, 0) is 62.1 Å². The number of nitrogens with zero attached hydrogens (tertiary/aromatic N) is 1. The molecule has 34 heavy (non-hydrogen) atoms. The first-order chi connectivity index (χ1) is 16.3. The highest BCUT2D eigenvalue weighted by atomic mass is 16.5. The SMILES string of the molecule is Cc1ccc(NC(=O)C(=O)NCc2ccc(/C=N/NC(=O)C(=O)NC[C@@H]3CCCO3)o2)cc1C. The van der Waals surface area contributed by atoms with Crippen LogP contribution in [0.1, 0.15) is 35.5 Å². The molecule has 0 saturated carbocycles. The molecule has 4 N–H and O–H groups in total. The second-order valence-corrected chi connectivity index (χ2v) is 7.78. The summed E-state index contributed by atoms with van der Waals surface area (Å²) in [7, 11) is 0. The van der Waals surface area contributed by atoms with Crippen molar-refractivity contribution >= 4 is 35.5 Å². The number of anilines is 1. The first-order valence-electron chi connectivity index (χ1n) is 10.8. The van der Waals surface area contributed by atoms with E-state index in [0.717, 1.165) is 24.0 Å². The number of benzene rings is 1. The molecule has 0 unspecified atom stereocenters. The van der Waals surface area contributed by atoms with Crippen LogP contribution in [0.5, 0.6) is 0 Å². The third-order valence-corrected chi connectivity index (χ3v) is 5.16. The summed E-state index contributed by atoms with van der Waals surface area (Å²) in [4.78, 5) is 47.6. The Morgan fingerprint density at radius 2 is 1.79 bits per heavy atom. The number of ether oxygens (including phenoxy) is 1. The summed E-state index contributed by atoms with van der Waals surface area (Å²) in [5.74, 6) is -2.68. The number of carbonyl (C=O) groups is 4. The number of furan rings is 1. The minimum absolute atomic E-state index is 0.0228. The van der Waals surface area contributed by atoms with E-state index in [0.29, 0.717) is 18.1 Å². The molecule has 3 rings (SSSR count). The molecular formula is C23H27N5O6. The second-order valence-electron chi connectivity index (χ2n) is 7.78. The van der Waals surface area contributed by atoms with Crippen molar-refractivity contribution in [2.75, 3.05) is 18.5 Å². The molecule has 1 aromatic heterocycles. The van der Waals surface area contributed by atoms with E-state index < -0.39 is 23.6 Å². The van der Waals surface area contributed by atoms with Gasteiger partial charge in [-0.2, -0.15) is 5.10 Å². The number of amides is 4. The van der Waals surface area contributed by atoms with Crippen LogP contribution in [0.4, 0.5) is 5.69 Å². The van der Waals surface area contributed by atoms with E-state index in [9.17, 15) is 19.2 Å². The average molecular weight is 469 g/mol. The molecule has 0 spiro atoms. The van der Waals surface area contributed by atoms with Crippen molar-refractivity contribution in [3.05, 3.63) is 53.0 Å². The topological polar surface area (TPSA) is 151 Å². The quantitative estimate of drug-likeness (QED) is 0.269. The zero-order chi connectivity index (χ0) is 24.5. The van der Waals surface area contributed by atoms with Crippen molar-refractivity contribution in [3.8, 4) is 0 Å². The first-order valence-corrected chi connectivity index (χ1v) is 10.8. The summed E-state index contributed by atoms with van der Waals surface area (Å²) in [6.07, 6.45) is 2.92. The number of rotatable bonds is 7.